The zero-order chi connectivity index (χ0) is 22.8. The van der Waals surface area contributed by atoms with E-state index >= 15 is 0 Å². The molecule has 0 bridgehead atoms. The number of nitro benzene ring substituents is 1. The van der Waals surface area contributed by atoms with Crippen molar-refractivity contribution < 1.29 is 32.5 Å². The lowest BCUT2D eigenvalue weighted by atomic mass is 10.1. The Labute approximate surface area is 176 Å². The quantitative estimate of drug-likeness (QED) is 0.256. The third-order valence-electron chi connectivity index (χ3n) is 4.38. The number of fused-ring (bicyclic) bond motifs is 1. The Kier molecular flexibility index (Phi) is 5.99. The lowest BCUT2D eigenvalue weighted by molar-refractivity contribution is -0.384. The summed E-state index contributed by atoms with van der Waals surface area (Å²) in [5.41, 5.74) is 0.00889. The van der Waals surface area contributed by atoms with E-state index in [4.69, 9.17) is 4.74 Å². The number of sulfonamides is 1. The molecule has 0 aliphatic carbocycles. The zero-order valence-electron chi connectivity index (χ0n) is 16.0. The maximum atomic E-state index is 12.3. The van der Waals surface area contributed by atoms with E-state index in [-0.39, 0.29) is 16.8 Å². The molecule has 0 unspecified atom stereocenters. The van der Waals surface area contributed by atoms with Crippen LogP contribution in [0.1, 0.15) is 20.7 Å². The third-order valence-corrected chi connectivity index (χ3v) is 5.78. The van der Waals surface area contributed by atoms with E-state index < -0.39 is 56.6 Å². The fraction of sp³-hybridized carbons (Fsp3) is 0.167. The van der Waals surface area contributed by atoms with Crippen molar-refractivity contribution in [1.82, 2.24) is 9.62 Å². The summed E-state index contributed by atoms with van der Waals surface area (Å²) in [4.78, 5) is 47.0. The first kappa shape index (κ1) is 21.9. The van der Waals surface area contributed by atoms with Crippen LogP contribution in [-0.2, 0) is 19.6 Å². The molecule has 0 aromatic heterocycles. The number of amides is 2. The van der Waals surface area contributed by atoms with Crippen LogP contribution in [0.5, 0.6) is 0 Å². The van der Waals surface area contributed by atoms with Gasteiger partial charge < -0.3 is 10.1 Å². The number of imide groups is 1. The fourth-order valence-electron chi connectivity index (χ4n) is 2.82. The van der Waals surface area contributed by atoms with Gasteiger partial charge in [-0.3, -0.25) is 24.5 Å². The number of hydrogen-bond acceptors (Lipinski definition) is 9. The SMILES string of the molecule is CNc1ccc(S(=O)(=O)NCC(=O)OCN2C(=O)c3ccccc3C2=O)cc1[N+](=O)[O-]. The number of ether oxygens (including phenoxy) is 1. The van der Waals surface area contributed by atoms with Crippen molar-refractivity contribution in [3.8, 4) is 0 Å². The monoisotopic (exact) mass is 448 g/mol. The molecule has 1 heterocycles. The minimum atomic E-state index is -4.27. The van der Waals surface area contributed by atoms with Gasteiger partial charge in [0.2, 0.25) is 10.0 Å². The normalized spacial score (nSPS) is 13.1. The molecule has 1 aliphatic rings. The molecule has 162 valence electrons. The van der Waals surface area contributed by atoms with Crippen molar-refractivity contribution in [3.63, 3.8) is 0 Å². The number of anilines is 1. The molecule has 2 aromatic carbocycles. The van der Waals surface area contributed by atoms with Crippen LogP contribution in [0, 0.1) is 10.1 Å². The highest BCUT2D eigenvalue weighted by Gasteiger charge is 2.35. The zero-order valence-corrected chi connectivity index (χ0v) is 16.8. The van der Waals surface area contributed by atoms with Crippen molar-refractivity contribution in [1.29, 1.82) is 0 Å². The fourth-order valence-corrected chi connectivity index (χ4v) is 3.81. The summed E-state index contributed by atoms with van der Waals surface area (Å²) in [6, 6.07) is 9.29. The van der Waals surface area contributed by atoms with Crippen molar-refractivity contribution in [2.75, 3.05) is 25.6 Å². The molecule has 3 rings (SSSR count). The number of nitrogens with one attached hydrogen (secondary N) is 2. The molecule has 2 N–H and O–H groups in total. The van der Waals surface area contributed by atoms with Crippen LogP contribution in [0.25, 0.3) is 0 Å². The summed E-state index contributed by atoms with van der Waals surface area (Å²) < 4.78 is 31.5. The third kappa shape index (κ3) is 4.36. The maximum Gasteiger partial charge on any atom is 0.322 e. The van der Waals surface area contributed by atoms with Gasteiger partial charge in [-0.1, -0.05) is 12.1 Å². The van der Waals surface area contributed by atoms with Crippen molar-refractivity contribution >= 4 is 39.2 Å². The van der Waals surface area contributed by atoms with Gasteiger partial charge in [-0.15, -0.1) is 0 Å². The summed E-state index contributed by atoms with van der Waals surface area (Å²) in [6.45, 7) is -1.50. The van der Waals surface area contributed by atoms with E-state index in [0.29, 0.717) is 0 Å². The number of carbonyl (C=O) groups is 3. The number of hydrogen-bond donors (Lipinski definition) is 2. The van der Waals surface area contributed by atoms with Crippen LogP contribution in [0.15, 0.2) is 47.4 Å². The first-order valence-corrected chi connectivity index (χ1v) is 10.2. The second-order valence-corrected chi connectivity index (χ2v) is 8.01. The Bertz CT molecular complexity index is 1160. The van der Waals surface area contributed by atoms with E-state index in [1.165, 1.54) is 25.2 Å². The molecule has 0 saturated carbocycles. The average molecular weight is 448 g/mol. The van der Waals surface area contributed by atoms with Gasteiger partial charge in [-0.2, -0.15) is 4.72 Å². The molecule has 0 radical (unpaired) electrons. The molecule has 0 atom stereocenters. The minimum Gasteiger partial charge on any atom is -0.443 e. The van der Waals surface area contributed by atoms with Gasteiger partial charge in [0.15, 0.2) is 6.73 Å². The Morgan fingerprint density at radius 1 is 1.13 bits per heavy atom. The molecule has 0 saturated heterocycles. The number of carbonyl (C=O) groups excluding carboxylic acids is 3. The molecule has 0 fully saturated rings. The minimum absolute atomic E-state index is 0.115. The van der Waals surface area contributed by atoms with Crippen LogP contribution in [0.2, 0.25) is 0 Å². The van der Waals surface area contributed by atoms with E-state index in [2.05, 4.69) is 5.32 Å². The van der Waals surface area contributed by atoms with Crippen molar-refractivity contribution in [2.45, 2.75) is 4.90 Å². The van der Waals surface area contributed by atoms with Gasteiger partial charge in [-0.25, -0.2) is 13.3 Å². The van der Waals surface area contributed by atoms with Crippen LogP contribution >= 0.6 is 0 Å². The van der Waals surface area contributed by atoms with Crippen LogP contribution in [0.4, 0.5) is 11.4 Å². The maximum absolute atomic E-state index is 12.3. The number of nitrogens with zero attached hydrogens (tertiary/aromatic N) is 2. The second-order valence-electron chi connectivity index (χ2n) is 6.24. The van der Waals surface area contributed by atoms with Gasteiger partial charge in [0, 0.05) is 13.1 Å². The van der Waals surface area contributed by atoms with Gasteiger partial charge in [0.25, 0.3) is 17.5 Å². The highest BCUT2D eigenvalue weighted by atomic mass is 32.2. The van der Waals surface area contributed by atoms with Gasteiger partial charge >= 0.3 is 5.97 Å². The number of benzene rings is 2. The topological polar surface area (TPSA) is 165 Å². The van der Waals surface area contributed by atoms with Crippen LogP contribution < -0.4 is 10.0 Å². The Morgan fingerprint density at radius 3 is 2.29 bits per heavy atom. The van der Waals surface area contributed by atoms with E-state index in [9.17, 15) is 32.9 Å². The standard InChI is InChI=1S/C18H16N4O8S/c1-19-14-7-6-11(8-15(14)22(26)27)31(28,29)20-9-16(23)30-10-21-17(24)12-4-2-3-5-13(12)18(21)25/h2-8,19-20H,9-10H2,1H3. The first-order chi connectivity index (χ1) is 14.7. The lowest BCUT2D eigenvalue weighted by Crippen LogP contribution is -2.36. The molecule has 2 amide bonds. The summed E-state index contributed by atoms with van der Waals surface area (Å²) in [5, 5.41) is 13.7. The average Bonchev–Trinajstić information content (AvgIpc) is 3.00. The van der Waals surface area contributed by atoms with Crippen LogP contribution in [-0.4, -0.2) is 56.3 Å². The molecular weight excluding hydrogens is 432 g/mol. The Hall–Kier alpha value is -3.84. The molecule has 13 heteroatoms. The van der Waals surface area contributed by atoms with Crippen LogP contribution in [0.3, 0.4) is 0 Å². The van der Waals surface area contributed by atoms with E-state index in [1.807, 2.05) is 4.72 Å². The molecule has 1 aliphatic heterocycles. The number of esters is 1. The molecule has 0 spiro atoms. The summed E-state index contributed by atoms with van der Waals surface area (Å²) in [6.07, 6.45) is 0. The summed E-state index contributed by atoms with van der Waals surface area (Å²) >= 11 is 0. The summed E-state index contributed by atoms with van der Waals surface area (Å²) in [7, 11) is -2.83. The largest absolute Gasteiger partial charge is 0.443 e. The van der Waals surface area contributed by atoms with Crippen molar-refractivity contribution in [3.05, 3.63) is 63.7 Å². The molecular formula is C18H16N4O8S. The Morgan fingerprint density at radius 2 is 1.74 bits per heavy atom. The highest BCUT2D eigenvalue weighted by Crippen LogP contribution is 2.27. The van der Waals surface area contributed by atoms with Gasteiger partial charge in [-0.05, 0) is 24.3 Å². The highest BCUT2D eigenvalue weighted by molar-refractivity contribution is 7.89. The van der Waals surface area contributed by atoms with Gasteiger partial charge in [0.1, 0.15) is 12.2 Å². The molecule has 31 heavy (non-hydrogen) atoms. The van der Waals surface area contributed by atoms with E-state index in [0.717, 1.165) is 17.0 Å². The van der Waals surface area contributed by atoms with Gasteiger partial charge in [0.05, 0.1) is 20.9 Å². The smallest absolute Gasteiger partial charge is 0.322 e. The lowest BCUT2D eigenvalue weighted by Gasteiger charge is -2.14. The predicted octanol–water partition coefficient (Wildman–Crippen LogP) is 0.712. The van der Waals surface area contributed by atoms with Crippen molar-refractivity contribution in [2.24, 2.45) is 0 Å². The number of rotatable bonds is 8. The molecule has 2 aromatic rings. The number of nitro groups is 1. The van der Waals surface area contributed by atoms with E-state index in [1.54, 1.807) is 12.1 Å². The second kappa shape index (κ2) is 8.49. The Balaban J connectivity index is 1.61. The predicted molar refractivity (Wildman–Crippen MR) is 106 cm³/mol. The summed E-state index contributed by atoms with van der Waals surface area (Å²) in [5.74, 6) is -2.32. The first-order valence-electron chi connectivity index (χ1n) is 8.72. The molecule has 12 nitrogen and oxygen atoms in total.